The summed E-state index contributed by atoms with van der Waals surface area (Å²) in [5, 5.41) is 11.1. The predicted molar refractivity (Wildman–Crippen MR) is 87.7 cm³/mol. The maximum atomic E-state index is 12.1. The second-order valence-corrected chi connectivity index (χ2v) is 5.59. The van der Waals surface area contributed by atoms with E-state index >= 15 is 0 Å². The first-order valence-corrected chi connectivity index (χ1v) is 7.73. The molecule has 1 saturated heterocycles. The molecule has 0 saturated carbocycles. The van der Waals surface area contributed by atoms with Gasteiger partial charge < -0.3 is 19.9 Å². The second kappa shape index (κ2) is 7.35. The Morgan fingerprint density at radius 2 is 2.08 bits per heavy atom. The SMILES string of the molecule is CCOc1cc(/C=C2/NC(=O)N(CC(=O)O)C2=O)c(Br)cc1OC. The van der Waals surface area contributed by atoms with Crippen molar-refractivity contribution in [2.75, 3.05) is 20.3 Å². The predicted octanol–water partition coefficient (Wildman–Crippen LogP) is 1.83. The van der Waals surface area contributed by atoms with Crippen molar-refractivity contribution in [2.24, 2.45) is 0 Å². The van der Waals surface area contributed by atoms with E-state index in [0.29, 0.717) is 33.0 Å². The van der Waals surface area contributed by atoms with Crippen molar-refractivity contribution in [2.45, 2.75) is 6.92 Å². The summed E-state index contributed by atoms with van der Waals surface area (Å²) in [6.07, 6.45) is 1.44. The second-order valence-electron chi connectivity index (χ2n) is 4.73. The lowest BCUT2D eigenvalue weighted by Crippen LogP contribution is -2.35. The van der Waals surface area contributed by atoms with Crippen molar-refractivity contribution < 1.29 is 29.0 Å². The Balaban J connectivity index is 2.37. The van der Waals surface area contributed by atoms with Gasteiger partial charge in [-0.1, -0.05) is 15.9 Å². The number of nitrogens with one attached hydrogen (secondary N) is 1. The third-order valence-corrected chi connectivity index (χ3v) is 3.83. The Labute approximate surface area is 146 Å². The van der Waals surface area contributed by atoms with Gasteiger partial charge in [0.2, 0.25) is 0 Å². The van der Waals surface area contributed by atoms with Gasteiger partial charge in [0.25, 0.3) is 5.91 Å². The summed E-state index contributed by atoms with van der Waals surface area (Å²) < 4.78 is 11.3. The molecule has 0 atom stereocenters. The van der Waals surface area contributed by atoms with Crippen LogP contribution in [0.3, 0.4) is 0 Å². The van der Waals surface area contributed by atoms with Gasteiger partial charge in [0, 0.05) is 4.47 Å². The van der Waals surface area contributed by atoms with Crippen LogP contribution in [0.5, 0.6) is 11.5 Å². The molecule has 1 aromatic carbocycles. The number of urea groups is 1. The summed E-state index contributed by atoms with van der Waals surface area (Å²) in [6.45, 7) is 1.55. The maximum Gasteiger partial charge on any atom is 0.329 e. The lowest BCUT2D eigenvalue weighted by atomic mass is 10.1. The van der Waals surface area contributed by atoms with E-state index in [0.717, 1.165) is 0 Å². The zero-order valence-corrected chi connectivity index (χ0v) is 14.5. The summed E-state index contributed by atoms with van der Waals surface area (Å²) >= 11 is 3.36. The molecule has 9 heteroatoms. The third-order valence-electron chi connectivity index (χ3n) is 3.14. The summed E-state index contributed by atoms with van der Waals surface area (Å²) in [7, 11) is 1.51. The molecule has 24 heavy (non-hydrogen) atoms. The molecule has 8 nitrogen and oxygen atoms in total. The van der Waals surface area contributed by atoms with Crippen LogP contribution in [-0.4, -0.2) is 48.2 Å². The number of carboxylic acids is 1. The molecule has 0 unspecified atom stereocenters. The number of hydrogen-bond donors (Lipinski definition) is 2. The molecular weight excluding hydrogens is 384 g/mol. The number of hydrogen-bond acceptors (Lipinski definition) is 5. The number of imide groups is 1. The van der Waals surface area contributed by atoms with Crippen LogP contribution in [0.4, 0.5) is 4.79 Å². The molecule has 1 fully saturated rings. The molecule has 0 spiro atoms. The van der Waals surface area contributed by atoms with E-state index in [4.69, 9.17) is 14.6 Å². The number of nitrogens with zero attached hydrogens (tertiary/aromatic N) is 1. The number of rotatable bonds is 6. The third kappa shape index (κ3) is 3.67. The Bertz CT molecular complexity index is 731. The molecule has 3 amide bonds. The number of amides is 3. The van der Waals surface area contributed by atoms with Gasteiger partial charge in [-0.3, -0.25) is 9.59 Å². The highest BCUT2D eigenvalue weighted by Gasteiger charge is 2.35. The molecule has 1 aromatic rings. The molecule has 0 radical (unpaired) electrons. The fourth-order valence-corrected chi connectivity index (χ4v) is 2.53. The number of ether oxygens (including phenoxy) is 2. The summed E-state index contributed by atoms with van der Waals surface area (Å²) in [6, 6.07) is 2.55. The lowest BCUT2D eigenvalue weighted by Gasteiger charge is -2.11. The van der Waals surface area contributed by atoms with Gasteiger partial charge in [-0.2, -0.15) is 0 Å². The molecule has 1 aliphatic heterocycles. The van der Waals surface area contributed by atoms with Gasteiger partial charge in [0.1, 0.15) is 12.2 Å². The zero-order chi connectivity index (χ0) is 17.9. The Morgan fingerprint density at radius 3 is 2.67 bits per heavy atom. The Morgan fingerprint density at radius 1 is 1.38 bits per heavy atom. The molecule has 2 rings (SSSR count). The zero-order valence-electron chi connectivity index (χ0n) is 13.0. The first-order valence-electron chi connectivity index (χ1n) is 6.94. The molecule has 0 aliphatic carbocycles. The Hall–Kier alpha value is -2.55. The van der Waals surface area contributed by atoms with Crippen molar-refractivity contribution >= 4 is 39.9 Å². The van der Waals surface area contributed by atoms with E-state index in [1.54, 1.807) is 12.1 Å². The number of halogens is 1. The molecule has 1 heterocycles. The number of methoxy groups -OCH3 is 1. The van der Waals surface area contributed by atoms with Crippen molar-refractivity contribution in [3.63, 3.8) is 0 Å². The average molecular weight is 399 g/mol. The highest BCUT2D eigenvalue weighted by molar-refractivity contribution is 9.10. The van der Waals surface area contributed by atoms with Crippen molar-refractivity contribution in [1.29, 1.82) is 0 Å². The van der Waals surface area contributed by atoms with E-state index in [1.165, 1.54) is 13.2 Å². The normalized spacial score (nSPS) is 15.6. The van der Waals surface area contributed by atoms with Crippen LogP contribution in [0.15, 0.2) is 22.3 Å². The van der Waals surface area contributed by atoms with E-state index in [2.05, 4.69) is 21.2 Å². The topological polar surface area (TPSA) is 105 Å². The maximum absolute atomic E-state index is 12.1. The molecule has 2 N–H and O–H groups in total. The minimum absolute atomic E-state index is 0.0189. The Kier molecular flexibility index (Phi) is 5.45. The molecule has 128 valence electrons. The fourth-order valence-electron chi connectivity index (χ4n) is 2.10. The monoisotopic (exact) mass is 398 g/mol. The quantitative estimate of drug-likeness (QED) is 0.559. The van der Waals surface area contributed by atoms with Gasteiger partial charge in [-0.25, -0.2) is 9.69 Å². The molecule has 1 aliphatic rings. The van der Waals surface area contributed by atoms with Gasteiger partial charge in [0.15, 0.2) is 11.5 Å². The van der Waals surface area contributed by atoms with Gasteiger partial charge in [-0.05, 0) is 30.7 Å². The van der Waals surface area contributed by atoms with Crippen LogP contribution in [0.1, 0.15) is 12.5 Å². The number of carboxylic acid groups (broad SMARTS) is 1. The van der Waals surface area contributed by atoms with Crippen LogP contribution in [0.2, 0.25) is 0 Å². The standard InChI is InChI=1S/C15H15BrN2O6/c1-3-24-12-5-8(9(16)6-11(12)23-2)4-10-14(21)18(7-13(19)20)15(22)17-10/h4-6H,3,7H2,1-2H3,(H,17,22)(H,19,20)/b10-4+. The van der Waals surface area contributed by atoms with Crippen LogP contribution >= 0.6 is 15.9 Å². The van der Waals surface area contributed by atoms with Gasteiger partial charge in [-0.15, -0.1) is 0 Å². The summed E-state index contributed by atoms with van der Waals surface area (Å²) in [4.78, 5) is 35.2. The van der Waals surface area contributed by atoms with Crippen LogP contribution < -0.4 is 14.8 Å². The molecule has 0 aromatic heterocycles. The van der Waals surface area contributed by atoms with Crippen molar-refractivity contribution in [3.8, 4) is 11.5 Å². The number of carbonyl (C=O) groups is 3. The van der Waals surface area contributed by atoms with E-state index in [-0.39, 0.29) is 5.70 Å². The smallest absolute Gasteiger partial charge is 0.329 e. The highest BCUT2D eigenvalue weighted by atomic mass is 79.9. The minimum Gasteiger partial charge on any atom is -0.493 e. The van der Waals surface area contributed by atoms with E-state index < -0.39 is 24.5 Å². The lowest BCUT2D eigenvalue weighted by molar-refractivity contribution is -0.140. The summed E-state index contributed by atoms with van der Waals surface area (Å²) in [5.41, 5.74) is 0.551. The molecule has 0 bridgehead atoms. The van der Waals surface area contributed by atoms with Crippen LogP contribution in [0, 0.1) is 0 Å². The van der Waals surface area contributed by atoms with Crippen molar-refractivity contribution in [1.82, 2.24) is 10.2 Å². The van der Waals surface area contributed by atoms with E-state index in [9.17, 15) is 14.4 Å². The van der Waals surface area contributed by atoms with Crippen molar-refractivity contribution in [3.05, 3.63) is 27.9 Å². The largest absolute Gasteiger partial charge is 0.493 e. The minimum atomic E-state index is -1.27. The van der Waals surface area contributed by atoms with E-state index in [1.807, 2.05) is 6.92 Å². The highest BCUT2D eigenvalue weighted by Crippen LogP contribution is 2.34. The van der Waals surface area contributed by atoms with Gasteiger partial charge in [0.05, 0.1) is 13.7 Å². The van der Waals surface area contributed by atoms with Crippen LogP contribution in [-0.2, 0) is 9.59 Å². The number of aliphatic carboxylic acids is 1. The number of carbonyl (C=O) groups excluding carboxylic acids is 2. The first kappa shape index (κ1) is 17.8. The summed E-state index contributed by atoms with van der Waals surface area (Å²) in [5.74, 6) is -0.985. The average Bonchev–Trinajstić information content (AvgIpc) is 2.77. The molecular formula is C15H15BrN2O6. The van der Waals surface area contributed by atoms with Crippen LogP contribution in [0.25, 0.3) is 6.08 Å². The fraction of sp³-hybridized carbons (Fsp3) is 0.267. The first-order chi connectivity index (χ1) is 11.4. The number of benzene rings is 1. The van der Waals surface area contributed by atoms with Gasteiger partial charge >= 0.3 is 12.0 Å².